The van der Waals surface area contributed by atoms with Crippen molar-refractivity contribution in [3.63, 3.8) is 0 Å². The molecule has 0 saturated carbocycles. The second kappa shape index (κ2) is 5.80. The number of benzene rings is 2. The van der Waals surface area contributed by atoms with Crippen LogP contribution >= 0.6 is 11.6 Å². The van der Waals surface area contributed by atoms with Crippen LogP contribution in [0.15, 0.2) is 47.4 Å². The molecule has 0 aliphatic heterocycles. The predicted octanol–water partition coefficient (Wildman–Crippen LogP) is 2.38. The molecular weight excluding hydrogens is 319 g/mol. The van der Waals surface area contributed by atoms with E-state index in [1.165, 1.54) is 12.1 Å². The number of halogens is 2. The third-order valence-electron chi connectivity index (χ3n) is 2.61. The van der Waals surface area contributed by atoms with Crippen LogP contribution in [-0.2, 0) is 10.0 Å². The van der Waals surface area contributed by atoms with E-state index in [9.17, 15) is 17.6 Å². The number of hydrogen-bond acceptors (Lipinski definition) is 3. The third-order valence-corrected chi connectivity index (χ3v) is 3.91. The molecule has 110 valence electrons. The first-order chi connectivity index (χ1) is 9.79. The first-order valence-corrected chi connectivity index (χ1v) is 7.59. The van der Waals surface area contributed by atoms with Gasteiger partial charge in [0.25, 0.3) is 5.91 Å². The van der Waals surface area contributed by atoms with Gasteiger partial charge >= 0.3 is 0 Å². The van der Waals surface area contributed by atoms with Crippen molar-refractivity contribution in [3.8, 4) is 0 Å². The number of amides is 1. The lowest BCUT2D eigenvalue weighted by Gasteiger charge is -2.10. The molecule has 0 heterocycles. The highest BCUT2D eigenvalue weighted by Gasteiger charge is 2.18. The maximum absolute atomic E-state index is 13.3. The van der Waals surface area contributed by atoms with Crippen molar-refractivity contribution < 1.29 is 17.6 Å². The Kier molecular flexibility index (Phi) is 4.26. The van der Waals surface area contributed by atoms with E-state index in [1.54, 1.807) is 12.1 Å². The van der Waals surface area contributed by atoms with E-state index in [0.29, 0.717) is 0 Å². The first-order valence-electron chi connectivity index (χ1n) is 5.67. The van der Waals surface area contributed by atoms with Gasteiger partial charge in [-0.25, -0.2) is 17.9 Å². The van der Waals surface area contributed by atoms with Crippen LogP contribution in [0.3, 0.4) is 0 Å². The highest BCUT2D eigenvalue weighted by Crippen LogP contribution is 2.23. The average Bonchev–Trinajstić information content (AvgIpc) is 2.37. The molecular formula is C13H10ClFN2O3S. The van der Waals surface area contributed by atoms with E-state index in [0.717, 1.165) is 18.2 Å². The molecule has 3 N–H and O–H groups in total. The number of primary sulfonamides is 1. The molecule has 0 unspecified atom stereocenters. The van der Waals surface area contributed by atoms with Gasteiger partial charge in [0, 0.05) is 0 Å². The van der Waals surface area contributed by atoms with Crippen LogP contribution in [0.2, 0.25) is 5.02 Å². The average molecular weight is 329 g/mol. The van der Waals surface area contributed by atoms with Crippen LogP contribution in [0.1, 0.15) is 10.4 Å². The van der Waals surface area contributed by atoms with Gasteiger partial charge in [-0.15, -0.1) is 0 Å². The van der Waals surface area contributed by atoms with Crippen molar-refractivity contribution >= 4 is 33.2 Å². The molecule has 0 atom stereocenters. The summed E-state index contributed by atoms with van der Waals surface area (Å²) in [4.78, 5) is 11.7. The minimum Gasteiger partial charge on any atom is -0.321 e. The molecule has 0 bridgehead atoms. The van der Waals surface area contributed by atoms with Crippen LogP contribution < -0.4 is 10.5 Å². The van der Waals surface area contributed by atoms with Crippen LogP contribution in [0, 0.1) is 5.82 Å². The third kappa shape index (κ3) is 3.57. The Morgan fingerprint density at radius 3 is 2.48 bits per heavy atom. The quantitative estimate of drug-likeness (QED) is 0.906. The van der Waals surface area contributed by atoms with Gasteiger partial charge in [-0.2, -0.15) is 0 Å². The molecule has 2 aromatic carbocycles. The molecule has 5 nitrogen and oxygen atoms in total. The van der Waals surface area contributed by atoms with Gasteiger partial charge < -0.3 is 5.32 Å². The zero-order valence-electron chi connectivity index (χ0n) is 10.5. The summed E-state index contributed by atoms with van der Waals surface area (Å²) in [7, 11) is -4.10. The van der Waals surface area contributed by atoms with Gasteiger partial charge in [-0.1, -0.05) is 23.7 Å². The fraction of sp³-hybridized carbons (Fsp3) is 0. The summed E-state index contributed by atoms with van der Waals surface area (Å²) < 4.78 is 36.1. The van der Waals surface area contributed by atoms with E-state index in [-0.39, 0.29) is 21.2 Å². The monoisotopic (exact) mass is 328 g/mol. The summed E-state index contributed by atoms with van der Waals surface area (Å²) in [5, 5.41) is 7.50. The zero-order valence-corrected chi connectivity index (χ0v) is 12.1. The maximum atomic E-state index is 13.3. The first kappa shape index (κ1) is 15.4. The van der Waals surface area contributed by atoms with Crippen molar-refractivity contribution in [1.82, 2.24) is 0 Å². The van der Waals surface area contributed by atoms with Crippen LogP contribution in [0.4, 0.5) is 10.1 Å². The molecule has 0 fully saturated rings. The lowest BCUT2D eigenvalue weighted by atomic mass is 10.2. The molecule has 2 aromatic rings. The molecule has 1 amide bonds. The zero-order chi connectivity index (χ0) is 15.6. The van der Waals surface area contributed by atoms with Crippen molar-refractivity contribution in [2.24, 2.45) is 5.14 Å². The lowest BCUT2D eigenvalue weighted by Crippen LogP contribution is -2.18. The van der Waals surface area contributed by atoms with E-state index >= 15 is 0 Å². The summed E-state index contributed by atoms with van der Waals surface area (Å²) in [6.45, 7) is 0. The SMILES string of the molecule is NS(=O)(=O)c1ccc(F)cc1NC(=O)c1ccccc1Cl. The van der Waals surface area contributed by atoms with Gasteiger partial charge in [0.1, 0.15) is 10.7 Å². The van der Waals surface area contributed by atoms with E-state index in [1.807, 2.05) is 0 Å². The highest BCUT2D eigenvalue weighted by molar-refractivity contribution is 7.89. The summed E-state index contributed by atoms with van der Waals surface area (Å²) in [6.07, 6.45) is 0. The Hall–Kier alpha value is -1.96. The molecule has 0 aliphatic carbocycles. The van der Waals surface area contributed by atoms with Crippen molar-refractivity contribution in [1.29, 1.82) is 0 Å². The van der Waals surface area contributed by atoms with Crippen molar-refractivity contribution in [2.75, 3.05) is 5.32 Å². The van der Waals surface area contributed by atoms with Gasteiger partial charge in [0.05, 0.1) is 16.3 Å². The second-order valence-corrected chi connectivity index (χ2v) is 6.06. The number of carbonyl (C=O) groups is 1. The smallest absolute Gasteiger partial charge is 0.257 e. The molecule has 0 aliphatic rings. The predicted molar refractivity (Wildman–Crippen MR) is 77.2 cm³/mol. The Labute approximate surface area is 125 Å². The van der Waals surface area contributed by atoms with Crippen molar-refractivity contribution in [2.45, 2.75) is 4.90 Å². The fourth-order valence-electron chi connectivity index (χ4n) is 1.68. The lowest BCUT2D eigenvalue weighted by molar-refractivity contribution is 0.102. The molecule has 0 saturated heterocycles. The standard InChI is InChI=1S/C13H10ClFN2O3S/c14-10-4-2-1-3-9(10)13(18)17-11-7-8(15)5-6-12(11)21(16,19)20/h1-7H,(H,17,18)(H2,16,19,20). The van der Waals surface area contributed by atoms with Gasteiger partial charge in [0.15, 0.2) is 0 Å². The molecule has 8 heteroatoms. The number of rotatable bonds is 3. The Morgan fingerprint density at radius 1 is 1.19 bits per heavy atom. The van der Waals surface area contributed by atoms with Crippen LogP contribution in [-0.4, -0.2) is 14.3 Å². The van der Waals surface area contributed by atoms with E-state index in [4.69, 9.17) is 16.7 Å². The van der Waals surface area contributed by atoms with Crippen LogP contribution in [0.5, 0.6) is 0 Å². The summed E-state index contributed by atoms with van der Waals surface area (Å²) >= 11 is 5.87. The largest absolute Gasteiger partial charge is 0.321 e. The summed E-state index contributed by atoms with van der Waals surface area (Å²) in [6, 6.07) is 8.96. The van der Waals surface area contributed by atoms with Crippen LogP contribution in [0.25, 0.3) is 0 Å². The van der Waals surface area contributed by atoms with Gasteiger partial charge in [-0.05, 0) is 30.3 Å². The number of carbonyl (C=O) groups excluding carboxylic acids is 1. The van der Waals surface area contributed by atoms with Crippen molar-refractivity contribution in [3.05, 3.63) is 58.9 Å². The summed E-state index contributed by atoms with van der Waals surface area (Å²) in [5.41, 5.74) is -0.119. The number of sulfonamides is 1. The van der Waals surface area contributed by atoms with Gasteiger partial charge in [-0.3, -0.25) is 4.79 Å². The minimum atomic E-state index is -4.10. The highest BCUT2D eigenvalue weighted by atomic mass is 35.5. The fourth-order valence-corrected chi connectivity index (χ4v) is 2.58. The maximum Gasteiger partial charge on any atom is 0.257 e. The molecule has 0 spiro atoms. The molecule has 21 heavy (non-hydrogen) atoms. The Morgan fingerprint density at radius 2 is 1.86 bits per heavy atom. The topological polar surface area (TPSA) is 89.3 Å². The van der Waals surface area contributed by atoms with E-state index < -0.39 is 21.7 Å². The van der Waals surface area contributed by atoms with Gasteiger partial charge in [0.2, 0.25) is 10.0 Å². The number of anilines is 1. The second-order valence-electron chi connectivity index (χ2n) is 4.12. The molecule has 0 radical (unpaired) electrons. The van der Waals surface area contributed by atoms with E-state index in [2.05, 4.69) is 5.32 Å². The number of nitrogens with one attached hydrogen (secondary N) is 1. The summed E-state index contributed by atoms with van der Waals surface area (Å²) in [5.74, 6) is -1.38. The minimum absolute atomic E-state index is 0.129. The normalized spacial score (nSPS) is 11.2. The molecule has 2 rings (SSSR count). The number of hydrogen-bond donors (Lipinski definition) is 2. The number of nitrogens with two attached hydrogens (primary N) is 1. The Bertz CT molecular complexity index is 809. The molecule has 0 aromatic heterocycles. The Balaban J connectivity index is 2.43.